The Kier molecular flexibility index (Phi) is 5.48. The summed E-state index contributed by atoms with van der Waals surface area (Å²) < 4.78 is 10.9. The minimum absolute atomic E-state index is 0.192. The van der Waals surface area contributed by atoms with Gasteiger partial charge in [-0.15, -0.1) is 11.3 Å². The number of rotatable bonds is 8. The van der Waals surface area contributed by atoms with E-state index in [2.05, 4.69) is 4.98 Å². The molecule has 2 aromatic rings. The quantitative estimate of drug-likeness (QED) is 0.677. The Balaban J connectivity index is 1.98. The number of hydrogen-bond acceptors (Lipinski definition) is 7. The van der Waals surface area contributed by atoms with Crippen LogP contribution in [-0.4, -0.2) is 30.0 Å². The maximum atomic E-state index is 12.0. The molecule has 22 heavy (non-hydrogen) atoms. The smallest absolute Gasteiger partial charge is 0.228 e. The number of benzene rings is 1. The highest BCUT2D eigenvalue weighted by molar-refractivity contribution is 7.11. The van der Waals surface area contributed by atoms with E-state index in [1.807, 2.05) is 13.0 Å². The molecule has 0 fully saturated rings. The van der Waals surface area contributed by atoms with Crippen LogP contribution >= 0.6 is 11.3 Å². The zero-order chi connectivity index (χ0) is 15.9. The Hall–Kier alpha value is -2.41. The highest BCUT2D eigenvalue weighted by Gasteiger charge is 2.13. The zero-order valence-electron chi connectivity index (χ0n) is 11.9. The van der Waals surface area contributed by atoms with Crippen LogP contribution in [-0.2, 0) is 11.2 Å². The first-order chi connectivity index (χ1) is 10.6. The second-order valence-corrected chi connectivity index (χ2v) is 5.14. The third-order valence-electron chi connectivity index (χ3n) is 2.62. The van der Waals surface area contributed by atoms with Crippen molar-refractivity contribution in [3.63, 3.8) is 0 Å². The van der Waals surface area contributed by atoms with Crippen LogP contribution in [0.1, 0.15) is 22.4 Å². The predicted octanol–water partition coefficient (Wildman–Crippen LogP) is 1.10. The summed E-state index contributed by atoms with van der Waals surface area (Å²) in [5, 5.41) is 12.2. The molecule has 116 valence electrons. The molecule has 0 saturated carbocycles. The number of carboxylic acids is 1. The van der Waals surface area contributed by atoms with Gasteiger partial charge >= 0.3 is 0 Å². The number of carbonyl (C=O) groups is 2. The number of aromatic nitrogens is 1. The summed E-state index contributed by atoms with van der Waals surface area (Å²) in [5.74, 6) is -0.508. The maximum absolute atomic E-state index is 12.0. The van der Waals surface area contributed by atoms with Gasteiger partial charge in [0.15, 0.2) is 23.1 Å². The number of nitrogens with zero attached hydrogens (tertiary/aromatic N) is 1. The van der Waals surface area contributed by atoms with Gasteiger partial charge in [-0.2, -0.15) is 0 Å². The van der Waals surface area contributed by atoms with Crippen molar-refractivity contribution in [1.29, 1.82) is 0 Å². The lowest BCUT2D eigenvalue weighted by molar-refractivity contribution is -0.304. The van der Waals surface area contributed by atoms with E-state index < -0.39 is 5.97 Å². The summed E-state index contributed by atoms with van der Waals surface area (Å²) in [6.07, 6.45) is -0.308. The SMILES string of the molecule is CCOc1ccccc1OCC(=O)c1nc(CC(=O)[O-])cs1. The molecule has 0 N–H and O–H groups in total. The van der Waals surface area contributed by atoms with Crippen LogP contribution in [0.4, 0.5) is 0 Å². The van der Waals surface area contributed by atoms with Gasteiger partial charge in [0.25, 0.3) is 0 Å². The summed E-state index contributed by atoms with van der Waals surface area (Å²) in [7, 11) is 0. The fraction of sp³-hybridized carbons (Fsp3) is 0.267. The van der Waals surface area contributed by atoms with Crippen molar-refractivity contribution in [2.75, 3.05) is 13.2 Å². The van der Waals surface area contributed by atoms with Crippen LogP contribution in [0.25, 0.3) is 0 Å². The molecule has 0 saturated heterocycles. The average Bonchev–Trinajstić information content (AvgIpc) is 2.94. The molecule has 0 bridgehead atoms. The second-order valence-electron chi connectivity index (χ2n) is 4.28. The summed E-state index contributed by atoms with van der Waals surface area (Å²) in [6.45, 7) is 2.16. The topological polar surface area (TPSA) is 88.6 Å². The van der Waals surface area contributed by atoms with Crippen LogP contribution in [0.2, 0.25) is 0 Å². The Morgan fingerprint density at radius 2 is 1.91 bits per heavy atom. The number of carboxylic acid groups (broad SMARTS) is 1. The van der Waals surface area contributed by atoms with Crippen LogP contribution in [0, 0.1) is 0 Å². The number of hydrogen-bond donors (Lipinski definition) is 0. The Morgan fingerprint density at radius 3 is 2.55 bits per heavy atom. The van der Waals surface area contributed by atoms with Crippen molar-refractivity contribution < 1.29 is 24.2 Å². The fourth-order valence-corrected chi connectivity index (χ4v) is 2.46. The van der Waals surface area contributed by atoms with Gasteiger partial charge in [0.05, 0.1) is 12.3 Å². The van der Waals surface area contributed by atoms with E-state index in [1.54, 1.807) is 18.2 Å². The third kappa shape index (κ3) is 4.29. The van der Waals surface area contributed by atoms with Crippen molar-refractivity contribution >= 4 is 23.1 Å². The molecular weight excluding hydrogens is 306 g/mol. The van der Waals surface area contributed by atoms with Crippen LogP contribution < -0.4 is 14.6 Å². The van der Waals surface area contributed by atoms with Gasteiger partial charge in [-0.25, -0.2) is 4.98 Å². The fourth-order valence-electron chi connectivity index (χ4n) is 1.71. The molecule has 1 aromatic carbocycles. The lowest BCUT2D eigenvalue weighted by Gasteiger charge is -2.10. The summed E-state index contributed by atoms with van der Waals surface area (Å²) >= 11 is 1.09. The van der Waals surface area contributed by atoms with Crippen LogP contribution in [0.3, 0.4) is 0 Å². The van der Waals surface area contributed by atoms with Gasteiger partial charge in [0.1, 0.15) is 0 Å². The predicted molar refractivity (Wildman–Crippen MR) is 78.3 cm³/mol. The van der Waals surface area contributed by atoms with E-state index in [9.17, 15) is 14.7 Å². The highest BCUT2D eigenvalue weighted by atomic mass is 32.1. The van der Waals surface area contributed by atoms with E-state index in [0.29, 0.717) is 23.8 Å². The highest BCUT2D eigenvalue weighted by Crippen LogP contribution is 2.26. The number of thiazole rings is 1. The Labute approximate surface area is 131 Å². The molecule has 0 unspecified atom stereocenters. The molecule has 0 aliphatic rings. The number of aliphatic carboxylic acids is 1. The van der Waals surface area contributed by atoms with Crippen molar-refractivity contribution in [1.82, 2.24) is 4.98 Å². The van der Waals surface area contributed by atoms with E-state index >= 15 is 0 Å². The van der Waals surface area contributed by atoms with Crippen molar-refractivity contribution in [3.05, 3.63) is 40.3 Å². The van der Waals surface area contributed by atoms with Gasteiger partial charge in [-0.1, -0.05) is 12.1 Å². The molecule has 0 amide bonds. The summed E-state index contributed by atoms with van der Waals surface area (Å²) in [6, 6.07) is 7.06. The van der Waals surface area contributed by atoms with E-state index in [1.165, 1.54) is 5.38 Å². The number of ketones is 1. The molecule has 0 radical (unpaired) electrons. The lowest BCUT2D eigenvalue weighted by Crippen LogP contribution is -2.24. The monoisotopic (exact) mass is 320 g/mol. The molecule has 0 aliphatic carbocycles. The Bertz CT molecular complexity index is 667. The van der Waals surface area contributed by atoms with Crippen LogP contribution in [0.5, 0.6) is 11.5 Å². The largest absolute Gasteiger partial charge is 0.550 e. The first-order valence-electron chi connectivity index (χ1n) is 6.62. The molecule has 0 spiro atoms. The molecule has 0 atom stereocenters. The van der Waals surface area contributed by atoms with Gasteiger partial charge in [-0.3, -0.25) is 4.79 Å². The third-order valence-corrected chi connectivity index (χ3v) is 3.56. The molecule has 2 rings (SSSR count). The average molecular weight is 320 g/mol. The van der Waals surface area contributed by atoms with Crippen molar-refractivity contribution in [3.8, 4) is 11.5 Å². The van der Waals surface area contributed by atoms with E-state index in [-0.39, 0.29) is 23.8 Å². The summed E-state index contributed by atoms with van der Waals surface area (Å²) in [4.78, 5) is 26.5. The van der Waals surface area contributed by atoms with Crippen LogP contribution in [0.15, 0.2) is 29.6 Å². The van der Waals surface area contributed by atoms with Gasteiger partial charge < -0.3 is 19.4 Å². The van der Waals surface area contributed by atoms with Gasteiger partial charge in [0, 0.05) is 17.8 Å². The van der Waals surface area contributed by atoms with Gasteiger partial charge in [0.2, 0.25) is 5.78 Å². The number of para-hydroxylation sites is 2. The lowest BCUT2D eigenvalue weighted by atomic mass is 10.3. The number of carbonyl (C=O) groups excluding carboxylic acids is 2. The van der Waals surface area contributed by atoms with E-state index in [0.717, 1.165) is 11.3 Å². The molecular formula is C15H14NO5S-. The minimum Gasteiger partial charge on any atom is -0.550 e. The summed E-state index contributed by atoms with van der Waals surface area (Å²) in [5.41, 5.74) is 0.308. The molecule has 1 heterocycles. The first-order valence-corrected chi connectivity index (χ1v) is 7.50. The minimum atomic E-state index is -1.23. The normalized spacial score (nSPS) is 10.2. The molecule has 0 aliphatic heterocycles. The van der Waals surface area contributed by atoms with Gasteiger partial charge in [-0.05, 0) is 19.1 Å². The number of ether oxygens (including phenoxy) is 2. The standard InChI is InChI=1S/C15H15NO5S/c1-2-20-12-5-3-4-6-13(12)21-8-11(17)15-16-10(9-22-15)7-14(18)19/h3-6,9H,2,7-8H2,1H3,(H,18,19)/p-1. The van der Waals surface area contributed by atoms with E-state index in [4.69, 9.17) is 9.47 Å². The molecule has 1 aromatic heterocycles. The first kappa shape index (κ1) is 16.0. The van der Waals surface area contributed by atoms with Crippen molar-refractivity contribution in [2.45, 2.75) is 13.3 Å². The molecule has 7 heteroatoms. The Morgan fingerprint density at radius 1 is 1.23 bits per heavy atom. The molecule has 6 nitrogen and oxygen atoms in total. The second kappa shape index (κ2) is 7.56. The zero-order valence-corrected chi connectivity index (χ0v) is 12.7. The maximum Gasteiger partial charge on any atom is 0.228 e. The van der Waals surface area contributed by atoms with Crippen molar-refractivity contribution in [2.24, 2.45) is 0 Å². The number of Topliss-reactive ketones (excluding diaryl/α,β-unsaturated/α-hetero) is 1.